The molecule has 3 N–H and O–H groups in total. The molecule has 0 aromatic heterocycles. The van der Waals surface area contributed by atoms with Crippen LogP contribution in [0.2, 0.25) is 0 Å². The second kappa shape index (κ2) is 8.44. The van der Waals surface area contributed by atoms with Gasteiger partial charge in [-0.2, -0.15) is 0 Å². The molecule has 118 valence electrons. The smallest absolute Gasteiger partial charge is 0.321 e. The number of halogens is 1. The first-order chi connectivity index (χ1) is 8.80. The molecule has 1 saturated heterocycles. The minimum Gasteiger partial charge on any atom is -0.333 e. The highest BCUT2D eigenvalue weighted by Crippen LogP contribution is 2.14. The number of carbonyl (C=O) groups is 2. The van der Waals surface area contributed by atoms with E-state index < -0.39 is 6.03 Å². The summed E-state index contributed by atoms with van der Waals surface area (Å²) in [4.78, 5) is 25.4. The van der Waals surface area contributed by atoms with Crippen LogP contribution in [0.4, 0.5) is 4.79 Å². The monoisotopic (exact) mass is 306 g/mol. The van der Waals surface area contributed by atoms with Crippen molar-refractivity contribution in [1.29, 1.82) is 0 Å². The van der Waals surface area contributed by atoms with E-state index in [1.165, 1.54) is 0 Å². The lowest BCUT2D eigenvalue weighted by molar-refractivity contribution is -0.120. The van der Waals surface area contributed by atoms with E-state index in [1.54, 1.807) is 0 Å². The van der Waals surface area contributed by atoms with Crippen LogP contribution in [-0.4, -0.2) is 55.6 Å². The lowest BCUT2D eigenvalue weighted by Crippen LogP contribution is -2.50. The van der Waals surface area contributed by atoms with Gasteiger partial charge in [-0.15, -0.1) is 12.4 Å². The van der Waals surface area contributed by atoms with Crippen LogP contribution in [-0.2, 0) is 4.79 Å². The molecule has 0 aliphatic carbocycles. The molecular formula is C13H27ClN4O2. The highest BCUT2D eigenvalue weighted by Gasteiger charge is 2.24. The van der Waals surface area contributed by atoms with Gasteiger partial charge in [0.05, 0.1) is 6.54 Å². The Labute approximate surface area is 127 Å². The number of likely N-dealkylation sites (tertiary alicyclic amines) is 1. The maximum absolute atomic E-state index is 11.7. The fourth-order valence-corrected chi connectivity index (χ4v) is 2.25. The van der Waals surface area contributed by atoms with Gasteiger partial charge in [-0.05, 0) is 53.2 Å². The molecule has 7 heteroatoms. The third-order valence-corrected chi connectivity index (χ3v) is 2.97. The Balaban J connectivity index is 0.00000361. The highest BCUT2D eigenvalue weighted by molar-refractivity contribution is 5.95. The topological polar surface area (TPSA) is 73.5 Å². The van der Waals surface area contributed by atoms with Crippen LogP contribution >= 0.6 is 12.4 Å². The van der Waals surface area contributed by atoms with Crippen molar-refractivity contribution in [1.82, 2.24) is 20.9 Å². The summed E-state index contributed by atoms with van der Waals surface area (Å²) in [6, 6.07) is -0.427. The minimum absolute atomic E-state index is 0. The summed E-state index contributed by atoms with van der Waals surface area (Å²) >= 11 is 0. The van der Waals surface area contributed by atoms with E-state index in [0.717, 1.165) is 26.1 Å². The van der Waals surface area contributed by atoms with Crippen molar-refractivity contribution in [2.24, 2.45) is 5.92 Å². The SMILES string of the molecule is CNCC1CCN(CC(=O)NC(=O)NC(C)(C)C)C1.Cl. The van der Waals surface area contributed by atoms with E-state index in [0.29, 0.717) is 5.92 Å². The molecule has 20 heavy (non-hydrogen) atoms. The van der Waals surface area contributed by atoms with Crippen LogP contribution in [0.15, 0.2) is 0 Å². The lowest BCUT2D eigenvalue weighted by Gasteiger charge is -2.21. The van der Waals surface area contributed by atoms with Crippen molar-refractivity contribution in [3.8, 4) is 0 Å². The predicted octanol–water partition coefficient (Wildman–Crippen LogP) is 0.574. The Kier molecular flexibility index (Phi) is 8.08. The standard InChI is InChI=1S/C13H26N4O2.ClH/c1-13(2,3)16-12(19)15-11(18)9-17-6-5-10(8-17)7-14-4;/h10,14H,5-9H2,1-4H3,(H2,15,16,18,19);1H. The quantitative estimate of drug-likeness (QED) is 0.710. The second-order valence-electron chi connectivity index (χ2n) is 6.20. The second-order valence-corrected chi connectivity index (χ2v) is 6.20. The molecule has 1 aliphatic rings. The molecule has 6 nitrogen and oxygen atoms in total. The zero-order valence-corrected chi connectivity index (χ0v) is 13.6. The van der Waals surface area contributed by atoms with E-state index in [2.05, 4.69) is 20.9 Å². The van der Waals surface area contributed by atoms with E-state index >= 15 is 0 Å². The number of urea groups is 1. The normalized spacial score (nSPS) is 19.3. The van der Waals surface area contributed by atoms with Crippen molar-refractivity contribution in [2.45, 2.75) is 32.7 Å². The van der Waals surface area contributed by atoms with Gasteiger partial charge in [0.2, 0.25) is 5.91 Å². The minimum atomic E-state index is -0.427. The van der Waals surface area contributed by atoms with Crippen LogP contribution in [0.3, 0.4) is 0 Å². The van der Waals surface area contributed by atoms with Gasteiger partial charge in [-0.3, -0.25) is 15.0 Å². The van der Waals surface area contributed by atoms with E-state index in [1.807, 2.05) is 27.8 Å². The van der Waals surface area contributed by atoms with Gasteiger partial charge in [-0.1, -0.05) is 0 Å². The molecule has 1 heterocycles. The number of rotatable bonds is 4. The molecule has 0 bridgehead atoms. The molecule has 0 aromatic rings. The van der Waals surface area contributed by atoms with Crippen molar-refractivity contribution < 1.29 is 9.59 Å². The molecule has 1 atom stereocenters. The Hall–Kier alpha value is -0.850. The van der Waals surface area contributed by atoms with E-state index in [9.17, 15) is 9.59 Å². The number of imide groups is 1. The predicted molar refractivity (Wildman–Crippen MR) is 82.1 cm³/mol. The largest absolute Gasteiger partial charge is 0.333 e. The van der Waals surface area contributed by atoms with Gasteiger partial charge in [0.1, 0.15) is 0 Å². The first-order valence-corrected chi connectivity index (χ1v) is 6.79. The Morgan fingerprint density at radius 2 is 1.95 bits per heavy atom. The van der Waals surface area contributed by atoms with Crippen LogP contribution < -0.4 is 16.0 Å². The van der Waals surface area contributed by atoms with Gasteiger partial charge in [0, 0.05) is 12.1 Å². The van der Waals surface area contributed by atoms with Gasteiger partial charge in [-0.25, -0.2) is 4.79 Å². The number of nitrogens with zero attached hydrogens (tertiary/aromatic N) is 1. The first kappa shape index (κ1) is 19.1. The fourth-order valence-electron chi connectivity index (χ4n) is 2.25. The molecule has 0 radical (unpaired) electrons. The number of hydrogen-bond donors (Lipinski definition) is 3. The summed E-state index contributed by atoms with van der Waals surface area (Å²) in [7, 11) is 1.94. The third kappa shape index (κ3) is 7.67. The van der Waals surface area contributed by atoms with Crippen molar-refractivity contribution in [3.63, 3.8) is 0 Å². The third-order valence-electron chi connectivity index (χ3n) is 2.97. The van der Waals surface area contributed by atoms with Gasteiger partial charge in [0.25, 0.3) is 0 Å². The van der Waals surface area contributed by atoms with Gasteiger partial charge in [0.15, 0.2) is 0 Å². The van der Waals surface area contributed by atoms with Crippen LogP contribution in [0.25, 0.3) is 0 Å². The number of nitrogens with one attached hydrogen (secondary N) is 3. The lowest BCUT2D eigenvalue weighted by atomic mass is 10.1. The number of hydrogen-bond acceptors (Lipinski definition) is 4. The molecule has 3 amide bonds. The average molecular weight is 307 g/mol. The van der Waals surface area contributed by atoms with Gasteiger partial charge < -0.3 is 10.6 Å². The van der Waals surface area contributed by atoms with Crippen LogP contribution in [0, 0.1) is 5.92 Å². The zero-order valence-electron chi connectivity index (χ0n) is 12.8. The summed E-state index contributed by atoms with van der Waals surface area (Å²) in [5.41, 5.74) is -0.337. The zero-order chi connectivity index (χ0) is 14.5. The van der Waals surface area contributed by atoms with Crippen molar-refractivity contribution in [2.75, 3.05) is 33.2 Å². The van der Waals surface area contributed by atoms with Crippen molar-refractivity contribution in [3.05, 3.63) is 0 Å². The fraction of sp³-hybridized carbons (Fsp3) is 0.846. The molecule has 0 spiro atoms. The first-order valence-electron chi connectivity index (χ1n) is 6.79. The van der Waals surface area contributed by atoms with Gasteiger partial charge >= 0.3 is 6.03 Å². The number of amides is 3. The molecule has 1 unspecified atom stereocenters. The number of carbonyl (C=O) groups excluding carboxylic acids is 2. The maximum atomic E-state index is 11.7. The molecule has 0 saturated carbocycles. The van der Waals surface area contributed by atoms with E-state index in [4.69, 9.17) is 0 Å². The molecular weight excluding hydrogens is 280 g/mol. The summed E-state index contributed by atoms with van der Waals surface area (Å²) < 4.78 is 0. The summed E-state index contributed by atoms with van der Waals surface area (Å²) in [5.74, 6) is 0.355. The molecule has 0 aromatic carbocycles. The van der Waals surface area contributed by atoms with Crippen molar-refractivity contribution >= 4 is 24.3 Å². The average Bonchev–Trinajstić information content (AvgIpc) is 2.62. The van der Waals surface area contributed by atoms with E-state index in [-0.39, 0.29) is 30.4 Å². The Bertz CT molecular complexity index is 331. The summed E-state index contributed by atoms with van der Waals surface area (Å²) in [6.07, 6.45) is 1.10. The highest BCUT2D eigenvalue weighted by atomic mass is 35.5. The summed E-state index contributed by atoms with van der Waals surface area (Å²) in [5, 5.41) is 8.22. The maximum Gasteiger partial charge on any atom is 0.321 e. The molecule has 1 fully saturated rings. The summed E-state index contributed by atoms with van der Waals surface area (Å²) in [6.45, 7) is 8.72. The molecule has 1 aliphatic heterocycles. The van der Waals surface area contributed by atoms with Crippen LogP contribution in [0.1, 0.15) is 27.2 Å². The molecule has 1 rings (SSSR count). The Morgan fingerprint density at radius 3 is 2.50 bits per heavy atom. The Morgan fingerprint density at radius 1 is 1.30 bits per heavy atom. The van der Waals surface area contributed by atoms with Crippen LogP contribution in [0.5, 0.6) is 0 Å².